The lowest BCUT2D eigenvalue weighted by Crippen LogP contribution is -2.55. The van der Waals surface area contributed by atoms with Gasteiger partial charge >= 0.3 is 6.03 Å². The summed E-state index contributed by atoms with van der Waals surface area (Å²) in [6.07, 6.45) is 1.28. The molecular weight excluding hydrogens is 268 g/mol. The van der Waals surface area contributed by atoms with Crippen molar-refractivity contribution in [3.63, 3.8) is 0 Å². The molecule has 9 nitrogen and oxygen atoms in total. The van der Waals surface area contributed by atoms with Gasteiger partial charge in [0.15, 0.2) is 0 Å². The molecule has 0 aromatic carbocycles. The lowest BCUT2D eigenvalue weighted by Gasteiger charge is -2.30. The fourth-order valence-corrected chi connectivity index (χ4v) is 1.47. The first-order valence-corrected chi connectivity index (χ1v) is 5.87. The van der Waals surface area contributed by atoms with Crippen LogP contribution in [0.25, 0.3) is 0 Å². The Balaban J connectivity index is 5.21. The van der Waals surface area contributed by atoms with E-state index in [2.05, 4.69) is 25.6 Å². The molecule has 0 spiro atoms. The van der Waals surface area contributed by atoms with Crippen LogP contribution < -0.4 is 11.0 Å². The molecule has 0 aliphatic heterocycles. The summed E-state index contributed by atoms with van der Waals surface area (Å²) in [6.45, 7) is 4.46. The summed E-state index contributed by atoms with van der Waals surface area (Å²) >= 11 is 0. The average Bonchev–Trinajstić information content (AvgIpc) is 2.39. The molecule has 0 aliphatic carbocycles. The first-order valence-electron chi connectivity index (χ1n) is 5.87. The molecule has 2 unspecified atom stereocenters. The smallest absolute Gasteiger partial charge is 0.299 e. The van der Waals surface area contributed by atoms with Crippen molar-refractivity contribution < 1.29 is 24.1 Å². The second kappa shape index (κ2) is 8.99. The minimum Gasteiger partial charge on any atom is -0.299 e. The first kappa shape index (κ1) is 18.0. The standard InChI is InChI=1S/C11H20N4O5/c1-6-12-11(18)15(7(2)9(16)13-19-4)8(3)10(17)14-20-5/h6-8H,1-5H3,(H,13,16)(H,14,17)/b12-6+. The number of hydrogen-bond donors (Lipinski definition) is 2. The van der Waals surface area contributed by atoms with Crippen molar-refractivity contribution in [3.8, 4) is 0 Å². The molecule has 0 rings (SSSR count). The lowest BCUT2D eigenvalue weighted by atomic mass is 10.2. The molecule has 9 heteroatoms. The van der Waals surface area contributed by atoms with Gasteiger partial charge in [0.25, 0.3) is 11.8 Å². The van der Waals surface area contributed by atoms with Crippen LogP contribution in [0.3, 0.4) is 0 Å². The van der Waals surface area contributed by atoms with Crippen LogP contribution >= 0.6 is 0 Å². The number of nitrogens with zero attached hydrogens (tertiary/aromatic N) is 2. The number of carbonyl (C=O) groups excluding carboxylic acids is 3. The third kappa shape index (κ3) is 4.94. The van der Waals surface area contributed by atoms with Crippen LogP contribution in [0.2, 0.25) is 0 Å². The average molecular weight is 288 g/mol. The second-order valence-electron chi connectivity index (χ2n) is 3.77. The van der Waals surface area contributed by atoms with E-state index in [1.54, 1.807) is 6.92 Å². The Hall–Kier alpha value is -2.00. The predicted octanol–water partition coefficient (Wildman–Crippen LogP) is -0.369. The zero-order valence-electron chi connectivity index (χ0n) is 12.2. The van der Waals surface area contributed by atoms with Crippen LogP contribution in [-0.2, 0) is 19.3 Å². The van der Waals surface area contributed by atoms with E-state index in [1.807, 2.05) is 0 Å². The van der Waals surface area contributed by atoms with E-state index in [4.69, 9.17) is 0 Å². The Kier molecular flexibility index (Phi) is 8.09. The third-order valence-corrected chi connectivity index (χ3v) is 2.46. The van der Waals surface area contributed by atoms with Crippen molar-refractivity contribution in [2.45, 2.75) is 32.9 Å². The summed E-state index contributed by atoms with van der Waals surface area (Å²) in [4.78, 5) is 49.0. The van der Waals surface area contributed by atoms with Gasteiger partial charge in [0, 0.05) is 6.21 Å². The van der Waals surface area contributed by atoms with Gasteiger partial charge in [-0.25, -0.2) is 20.7 Å². The summed E-state index contributed by atoms with van der Waals surface area (Å²) in [5, 5.41) is 0. The highest BCUT2D eigenvalue weighted by atomic mass is 16.6. The number of nitrogens with one attached hydrogen (secondary N) is 2. The number of hydrogen-bond acceptors (Lipinski definition) is 5. The van der Waals surface area contributed by atoms with Crippen LogP contribution in [-0.4, -0.2) is 55.3 Å². The van der Waals surface area contributed by atoms with Crippen LogP contribution in [0, 0.1) is 0 Å². The highest BCUT2D eigenvalue weighted by Crippen LogP contribution is 2.09. The molecule has 4 amide bonds. The Bertz CT molecular complexity index is 361. The van der Waals surface area contributed by atoms with E-state index in [-0.39, 0.29) is 0 Å². The molecule has 0 saturated heterocycles. The fraction of sp³-hybridized carbons (Fsp3) is 0.636. The summed E-state index contributed by atoms with van der Waals surface area (Å²) in [5.74, 6) is -1.16. The number of aliphatic imine (C=N–C) groups is 1. The summed E-state index contributed by atoms with van der Waals surface area (Å²) in [7, 11) is 2.53. The van der Waals surface area contributed by atoms with E-state index < -0.39 is 29.9 Å². The van der Waals surface area contributed by atoms with Gasteiger partial charge in [-0.1, -0.05) is 0 Å². The number of rotatable bonds is 6. The molecular formula is C11H20N4O5. The van der Waals surface area contributed by atoms with Crippen LogP contribution in [0.15, 0.2) is 4.99 Å². The van der Waals surface area contributed by atoms with Crippen molar-refractivity contribution in [1.82, 2.24) is 15.9 Å². The van der Waals surface area contributed by atoms with Crippen molar-refractivity contribution >= 4 is 24.1 Å². The predicted molar refractivity (Wildman–Crippen MR) is 70.6 cm³/mol. The molecule has 0 aliphatic rings. The van der Waals surface area contributed by atoms with Gasteiger partial charge in [-0.2, -0.15) is 0 Å². The quantitative estimate of drug-likeness (QED) is 0.512. The maximum atomic E-state index is 11.9. The van der Waals surface area contributed by atoms with Gasteiger partial charge in [-0.15, -0.1) is 0 Å². The van der Waals surface area contributed by atoms with Crippen molar-refractivity contribution in [2.75, 3.05) is 14.2 Å². The van der Waals surface area contributed by atoms with E-state index in [0.29, 0.717) is 0 Å². The highest BCUT2D eigenvalue weighted by Gasteiger charge is 2.33. The van der Waals surface area contributed by atoms with Gasteiger partial charge in [-0.05, 0) is 20.8 Å². The number of hydroxylamine groups is 2. The number of amides is 4. The van der Waals surface area contributed by atoms with Crippen LogP contribution in [0.4, 0.5) is 4.79 Å². The minimum atomic E-state index is -0.955. The van der Waals surface area contributed by atoms with Gasteiger partial charge in [-0.3, -0.25) is 24.2 Å². The van der Waals surface area contributed by atoms with Gasteiger partial charge < -0.3 is 0 Å². The molecule has 20 heavy (non-hydrogen) atoms. The second-order valence-corrected chi connectivity index (χ2v) is 3.77. The molecule has 0 aromatic rings. The number of carbonyl (C=O) groups is 3. The van der Waals surface area contributed by atoms with E-state index in [0.717, 1.165) is 4.90 Å². The Morgan fingerprint density at radius 2 is 1.45 bits per heavy atom. The minimum absolute atomic E-state index is 0.579. The van der Waals surface area contributed by atoms with Gasteiger partial charge in [0.2, 0.25) is 0 Å². The third-order valence-electron chi connectivity index (χ3n) is 2.46. The summed E-state index contributed by atoms with van der Waals surface area (Å²) in [5.41, 5.74) is 4.20. The monoisotopic (exact) mass is 288 g/mol. The zero-order chi connectivity index (χ0) is 15.7. The Morgan fingerprint density at radius 3 is 1.75 bits per heavy atom. The molecule has 0 aromatic heterocycles. The molecule has 0 bridgehead atoms. The molecule has 0 fully saturated rings. The molecule has 0 heterocycles. The van der Waals surface area contributed by atoms with Crippen LogP contribution in [0.1, 0.15) is 20.8 Å². The maximum Gasteiger partial charge on any atom is 0.344 e. The molecule has 0 saturated carbocycles. The zero-order valence-corrected chi connectivity index (χ0v) is 12.2. The molecule has 2 atom stereocenters. The normalized spacial score (nSPS) is 13.7. The molecule has 0 radical (unpaired) electrons. The number of urea groups is 1. The SMILES string of the molecule is C/C=N/C(=O)N(C(C)C(=O)NOC)C(C)C(=O)NOC. The van der Waals surface area contributed by atoms with Gasteiger partial charge in [0.05, 0.1) is 14.2 Å². The lowest BCUT2D eigenvalue weighted by molar-refractivity contribution is -0.140. The van der Waals surface area contributed by atoms with Gasteiger partial charge in [0.1, 0.15) is 12.1 Å². The van der Waals surface area contributed by atoms with Crippen LogP contribution in [0.5, 0.6) is 0 Å². The van der Waals surface area contributed by atoms with E-state index >= 15 is 0 Å². The topological polar surface area (TPSA) is 109 Å². The highest BCUT2D eigenvalue weighted by molar-refractivity contribution is 5.93. The van der Waals surface area contributed by atoms with Crippen molar-refractivity contribution in [3.05, 3.63) is 0 Å². The van der Waals surface area contributed by atoms with Crippen molar-refractivity contribution in [2.24, 2.45) is 4.99 Å². The summed E-state index contributed by atoms with van der Waals surface area (Å²) in [6, 6.07) is -2.63. The first-order chi connectivity index (χ1) is 9.40. The summed E-state index contributed by atoms with van der Waals surface area (Å²) < 4.78 is 0. The van der Waals surface area contributed by atoms with E-state index in [1.165, 1.54) is 34.3 Å². The largest absolute Gasteiger partial charge is 0.344 e. The molecule has 114 valence electrons. The van der Waals surface area contributed by atoms with E-state index in [9.17, 15) is 14.4 Å². The van der Waals surface area contributed by atoms with Crippen molar-refractivity contribution in [1.29, 1.82) is 0 Å². The molecule has 2 N–H and O–H groups in total. The fourth-order valence-electron chi connectivity index (χ4n) is 1.47. The Labute approximate surface area is 117 Å². The Morgan fingerprint density at radius 1 is 1.05 bits per heavy atom. The maximum absolute atomic E-state index is 11.9.